The van der Waals surface area contributed by atoms with Crippen LogP contribution in [0.15, 0.2) is 23.5 Å². The first kappa shape index (κ1) is 25.4. The van der Waals surface area contributed by atoms with Gasteiger partial charge in [-0.2, -0.15) is 0 Å². The molecule has 9 heteroatoms. The van der Waals surface area contributed by atoms with Crippen molar-refractivity contribution in [2.45, 2.75) is 59.3 Å². The Bertz CT molecular complexity index is 1080. The predicted molar refractivity (Wildman–Crippen MR) is 123 cm³/mol. The highest BCUT2D eigenvalue weighted by Gasteiger charge is 2.50. The molecule has 1 fully saturated rings. The smallest absolute Gasteiger partial charge is 0.277 e. The Hall–Kier alpha value is -3.23. The summed E-state index contributed by atoms with van der Waals surface area (Å²) in [4.78, 5) is 51.4. The molecule has 9 nitrogen and oxygen atoms in total. The molecule has 1 saturated carbocycles. The molecule has 1 aromatic rings. The van der Waals surface area contributed by atoms with Crippen LogP contribution in [0.2, 0.25) is 0 Å². The molecule has 0 aromatic heterocycles. The van der Waals surface area contributed by atoms with Gasteiger partial charge < -0.3 is 14.6 Å². The van der Waals surface area contributed by atoms with Crippen molar-refractivity contribution in [3.8, 4) is 11.5 Å². The zero-order valence-electron chi connectivity index (χ0n) is 20.4. The summed E-state index contributed by atoms with van der Waals surface area (Å²) >= 11 is 0. The van der Waals surface area contributed by atoms with E-state index < -0.39 is 50.6 Å². The minimum Gasteiger partial charge on any atom is -0.512 e. The lowest BCUT2D eigenvalue weighted by atomic mass is 9.62. The summed E-state index contributed by atoms with van der Waals surface area (Å²) in [5.74, 6) is -3.90. The minimum absolute atomic E-state index is 0.0383. The number of aliphatic hydroxyl groups is 1. The summed E-state index contributed by atoms with van der Waals surface area (Å²) in [7, 11) is 2.68. The van der Waals surface area contributed by atoms with Gasteiger partial charge in [0.15, 0.2) is 17.3 Å². The molecule has 3 rings (SSSR count). The standard InChI is InChI=1S/C25H31NO8/c1-24(2)9-15(27)22(16(28)10-24)21(23-17(29)11-25(3,4)12-18(23)30)13-7-19(33-5)20(34-6)8-14(13)26(31)32/h7-8,21-22,29H,9-12H2,1-6H3. The average Bonchev–Trinajstić information content (AvgIpc) is 2.68. The van der Waals surface area contributed by atoms with Crippen molar-refractivity contribution < 1.29 is 33.9 Å². The van der Waals surface area contributed by atoms with Crippen molar-refractivity contribution in [1.82, 2.24) is 0 Å². The molecular formula is C25H31NO8. The molecule has 2 aliphatic carbocycles. The van der Waals surface area contributed by atoms with Gasteiger partial charge in [-0.15, -0.1) is 0 Å². The highest BCUT2D eigenvalue weighted by molar-refractivity contribution is 6.09. The number of carbonyl (C=O) groups is 3. The third-order valence-corrected chi connectivity index (χ3v) is 6.60. The number of hydrogen-bond donors (Lipinski definition) is 1. The normalized spacial score (nSPS) is 21.4. The van der Waals surface area contributed by atoms with Crippen molar-refractivity contribution in [1.29, 1.82) is 0 Å². The van der Waals surface area contributed by atoms with Gasteiger partial charge in [0.25, 0.3) is 5.69 Å². The summed E-state index contributed by atoms with van der Waals surface area (Å²) in [6.45, 7) is 7.26. The Labute approximate surface area is 198 Å². The van der Waals surface area contributed by atoms with Gasteiger partial charge in [-0.3, -0.25) is 24.5 Å². The van der Waals surface area contributed by atoms with Gasteiger partial charge in [0.2, 0.25) is 0 Å². The molecule has 0 heterocycles. The Balaban J connectivity index is 2.34. The van der Waals surface area contributed by atoms with Crippen LogP contribution in [-0.2, 0) is 14.4 Å². The second-order valence-corrected chi connectivity index (χ2v) is 10.7. The summed E-state index contributed by atoms with van der Waals surface area (Å²) in [5, 5.41) is 23.0. The van der Waals surface area contributed by atoms with Gasteiger partial charge in [-0.05, 0) is 16.9 Å². The van der Waals surface area contributed by atoms with Crippen molar-refractivity contribution in [3.05, 3.63) is 39.1 Å². The van der Waals surface area contributed by atoms with Crippen LogP contribution in [0.3, 0.4) is 0 Å². The molecule has 34 heavy (non-hydrogen) atoms. The number of Topliss-reactive ketones (excluding diaryl/α,β-unsaturated/α-hetero) is 3. The van der Waals surface area contributed by atoms with E-state index >= 15 is 0 Å². The molecule has 1 aromatic carbocycles. The molecule has 1 N–H and O–H groups in total. The number of allylic oxidation sites excluding steroid dienone is 2. The third kappa shape index (κ3) is 4.69. The number of aliphatic hydroxyl groups excluding tert-OH is 1. The lowest BCUT2D eigenvalue weighted by molar-refractivity contribution is -0.385. The summed E-state index contributed by atoms with van der Waals surface area (Å²) < 4.78 is 10.5. The molecular weight excluding hydrogens is 442 g/mol. The lowest BCUT2D eigenvalue weighted by Crippen LogP contribution is -2.43. The quantitative estimate of drug-likeness (QED) is 0.363. The Morgan fingerprint density at radius 2 is 1.44 bits per heavy atom. The van der Waals surface area contributed by atoms with Gasteiger partial charge in [-0.1, -0.05) is 27.7 Å². The van der Waals surface area contributed by atoms with Crippen molar-refractivity contribution in [3.63, 3.8) is 0 Å². The molecule has 0 spiro atoms. The largest absolute Gasteiger partial charge is 0.512 e. The van der Waals surface area contributed by atoms with Gasteiger partial charge >= 0.3 is 0 Å². The first-order valence-corrected chi connectivity index (χ1v) is 11.1. The van der Waals surface area contributed by atoms with E-state index in [-0.39, 0.29) is 54.1 Å². The number of carbonyl (C=O) groups excluding carboxylic acids is 3. The summed E-state index contributed by atoms with van der Waals surface area (Å²) in [6.07, 6.45) is 0.375. The summed E-state index contributed by atoms with van der Waals surface area (Å²) in [6, 6.07) is 2.48. The van der Waals surface area contributed by atoms with Crippen LogP contribution in [-0.4, -0.2) is 41.6 Å². The molecule has 184 valence electrons. The van der Waals surface area contributed by atoms with E-state index in [2.05, 4.69) is 0 Å². The Morgan fingerprint density at radius 3 is 1.91 bits per heavy atom. The maximum absolute atomic E-state index is 13.3. The Kier molecular flexibility index (Phi) is 6.61. The van der Waals surface area contributed by atoms with Gasteiger partial charge in [0.05, 0.1) is 31.1 Å². The fourth-order valence-electron chi connectivity index (χ4n) is 5.22. The summed E-state index contributed by atoms with van der Waals surface area (Å²) in [5.41, 5.74) is -1.66. The second kappa shape index (κ2) is 8.85. The third-order valence-electron chi connectivity index (χ3n) is 6.60. The van der Waals surface area contributed by atoms with E-state index in [4.69, 9.17) is 9.47 Å². The highest BCUT2D eigenvalue weighted by Crippen LogP contribution is 2.50. The van der Waals surface area contributed by atoms with Crippen molar-refractivity contribution >= 4 is 23.0 Å². The number of rotatable bonds is 6. The van der Waals surface area contributed by atoms with Gasteiger partial charge in [-0.25, -0.2) is 0 Å². The maximum atomic E-state index is 13.3. The molecule has 2 aliphatic rings. The number of hydrogen-bond acceptors (Lipinski definition) is 8. The molecule has 0 amide bonds. The van der Waals surface area contributed by atoms with Crippen LogP contribution in [0.5, 0.6) is 11.5 Å². The number of methoxy groups -OCH3 is 2. The molecule has 0 bridgehead atoms. The number of ketones is 3. The second-order valence-electron chi connectivity index (χ2n) is 10.7. The SMILES string of the molecule is COc1cc(C(C2=C(O)CC(C)(C)CC2=O)C2C(=O)CC(C)(C)CC2=O)c([N+](=O)[O-])cc1OC. The van der Waals surface area contributed by atoms with Crippen LogP contribution in [0.4, 0.5) is 5.69 Å². The van der Waals surface area contributed by atoms with Crippen LogP contribution in [0.25, 0.3) is 0 Å². The predicted octanol–water partition coefficient (Wildman–Crippen LogP) is 4.47. The fraction of sp³-hybridized carbons (Fsp3) is 0.560. The molecule has 1 unspecified atom stereocenters. The zero-order chi connectivity index (χ0) is 25.6. The van der Waals surface area contributed by atoms with Crippen LogP contribution in [0, 0.1) is 26.9 Å². The van der Waals surface area contributed by atoms with E-state index in [0.29, 0.717) is 0 Å². The molecule has 0 radical (unpaired) electrons. The molecule has 1 atom stereocenters. The topological polar surface area (TPSA) is 133 Å². The number of ether oxygens (including phenoxy) is 2. The van der Waals surface area contributed by atoms with E-state index in [1.807, 2.05) is 13.8 Å². The number of nitro groups is 1. The number of benzene rings is 1. The van der Waals surface area contributed by atoms with E-state index in [1.54, 1.807) is 13.8 Å². The van der Waals surface area contributed by atoms with E-state index in [9.17, 15) is 29.6 Å². The van der Waals surface area contributed by atoms with Crippen molar-refractivity contribution in [2.24, 2.45) is 16.7 Å². The zero-order valence-corrected chi connectivity index (χ0v) is 20.4. The first-order chi connectivity index (χ1) is 15.7. The van der Waals surface area contributed by atoms with E-state index in [0.717, 1.165) is 6.07 Å². The van der Waals surface area contributed by atoms with Crippen LogP contribution < -0.4 is 9.47 Å². The fourth-order valence-corrected chi connectivity index (χ4v) is 5.22. The first-order valence-electron chi connectivity index (χ1n) is 11.1. The van der Waals surface area contributed by atoms with Crippen LogP contribution >= 0.6 is 0 Å². The number of nitrogens with zero attached hydrogens (tertiary/aromatic N) is 1. The molecule has 0 saturated heterocycles. The maximum Gasteiger partial charge on any atom is 0.277 e. The monoisotopic (exact) mass is 473 g/mol. The van der Waals surface area contributed by atoms with Gasteiger partial charge in [0.1, 0.15) is 17.3 Å². The highest BCUT2D eigenvalue weighted by atomic mass is 16.6. The van der Waals surface area contributed by atoms with Crippen molar-refractivity contribution in [2.75, 3.05) is 14.2 Å². The Morgan fingerprint density at radius 1 is 0.941 bits per heavy atom. The minimum atomic E-state index is -1.33. The van der Waals surface area contributed by atoms with Crippen LogP contribution in [0.1, 0.15) is 64.9 Å². The lowest BCUT2D eigenvalue weighted by Gasteiger charge is -2.38. The number of nitro benzene ring substituents is 1. The van der Waals surface area contributed by atoms with Gasteiger partial charge in [0, 0.05) is 42.7 Å². The molecule has 0 aliphatic heterocycles. The average molecular weight is 474 g/mol. The van der Waals surface area contributed by atoms with E-state index in [1.165, 1.54) is 20.3 Å².